The molecule has 11 heteroatoms. The first kappa shape index (κ1) is 29.0. The Balaban J connectivity index is 1.64. The molecule has 5 rings (SSSR count). The van der Waals surface area contributed by atoms with Crippen molar-refractivity contribution in [2.75, 3.05) is 38.8 Å². The Morgan fingerprint density at radius 3 is 2.24 bits per heavy atom. The Morgan fingerprint density at radius 1 is 1.02 bits per heavy atom. The van der Waals surface area contributed by atoms with Crippen LogP contribution < -0.4 is 16.4 Å². The van der Waals surface area contributed by atoms with Gasteiger partial charge in [0, 0.05) is 37.0 Å². The average Bonchev–Trinajstić information content (AvgIpc) is 2.90. The van der Waals surface area contributed by atoms with E-state index < -0.39 is 70.1 Å². The van der Waals surface area contributed by atoms with Crippen molar-refractivity contribution in [1.29, 1.82) is 0 Å². The summed E-state index contributed by atoms with van der Waals surface area (Å²) in [7, 11) is 6.64. The third-order valence-electron chi connectivity index (χ3n) is 8.77. The predicted molar refractivity (Wildman–Crippen MR) is 153 cm³/mol. The van der Waals surface area contributed by atoms with E-state index in [1.165, 1.54) is 4.90 Å². The number of nitrogen functional groups attached to an aromatic ring is 1. The van der Waals surface area contributed by atoms with Crippen LogP contribution in [0, 0.1) is 35.5 Å². The largest absolute Gasteiger partial charge is 0.506 e. The molecule has 3 aliphatic carbocycles. The minimum absolute atomic E-state index is 0.0176. The number of phenolic OH excluding ortho intramolecular Hbond substituents is 1. The highest BCUT2D eigenvalue weighted by Crippen LogP contribution is 2.52. The van der Waals surface area contributed by atoms with Crippen LogP contribution in [0.3, 0.4) is 0 Å². The number of rotatable bonds is 3. The molecule has 42 heavy (non-hydrogen) atoms. The van der Waals surface area contributed by atoms with Gasteiger partial charge >= 0.3 is 0 Å². The molecule has 0 aliphatic heterocycles. The number of likely N-dealkylation sites (N-methyl/N-ethyl adjacent to an activating group) is 1. The molecule has 6 atom stereocenters. The molecule has 2 aromatic carbocycles. The Bertz CT molecular complexity index is 1620. The molecular weight excluding hydrogens is 540 g/mol. The van der Waals surface area contributed by atoms with E-state index in [9.17, 15) is 34.2 Å². The van der Waals surface area contributed by atoms with Crippen molar-refractivity contribution in [2.45, 2.75) is 24.5 Å². The Labute approximate surface area is 242 Å². The van der Waals surface area contributed by atoms with E-state index in [1.54, 1.807) is 63.4 Å². The maximum Gasteiger partial charge on any atom is 0.235 e. The fourth-order valence-electron chi connectivity index (χ4n) is 6.85. The lowest BCUT2D eigenvalue weighted by atomic mass is 9.52. The van der Waals surface area contributed by atoms with Crippen LogP contribution in [0.15, 0.2) is 30.3 Å². The maximum absolute atomic E-state index is 14.1. The van der Waals surface area contributed by atoms with Crippen molar-refractivity contribution in [3.63, 3.8) is 0 Å². The number of hydrogen-bond donors (Lipinski definition) is 4. The third-order valence-corrected chi connectivity index (χ3v) is 8.77. The zero-order chi connectivity index (χ0) is 30.8. The number of nitrogens with zero attached hydrogens (tertiary/aromatic N) is 2. The lowest BCUT2D eigenvalue weighted by molar-refractivity contribution is -0.181. The summed E-state index contributed by atoms with van der Waals surface area (Å²) in [6.45, 7) is 0. The molecule has 0 aromatic heterocycles. The van der Waals surface area contributed by atoms with Crippen LogP contribution in [0.25, 0.3) is 0 Å². The molecule has 2 aromatic rings. The molecule has 2 saturated carbocycles. The maximum atomic E-state index is 14.1. The lowest BCUT2D eigenvalue weighted by Crippen LogP contribution is -2.74. The SMILES string of the molecule is CN(C)c1cc(C#Cc2ccc(N)cc2)c(O)c2c1C[C@@H]1C[C@@H]3[C@@H](N(C)C)C(=O)C(C(N)=O)C(=O)[C@]3(O)C(=O)C1C2=O. The van der Waals surface area contributed by atoms with Gasteiger partial charge in [-0.15, -0.1) is 0 Å². The second-order valence-electron chi connectivity index (χ2n) is 11.7. The summed E-state index contributed by atoms with van der Waals surface area (Å²) in [6, 6.07) is 7.30. The van der Waals surface area contributed by atoms with Crippen molar-refractivity contribution >= 4 is 40.4 Å². The number of carbonyl (C=O) groups excluding carboxylic acids is 5. The molecular formula is C31H32N4O7. The van der Waals surface area contributed by atoms with Gasteiger partial charge in [-0.05, 0) is 68.8 Å². The molecule has 0 saturated heterocycles. The third kappa shape index (κ3) is 4.18. The molecule has 2 fully saturated rings. The Kier molecular flexibility index (Phi) is 6.95. The van der Waals surface area contributed by atoms with E-state index in [0.29, 0.717) is 22.5 Å². The van der Waals surface area contributed by atoms with Gasteiger partial charge in [0.15, 0.2) is 34.7 Å². The van der Waals surface area contributed by atoms with Gasteiger partial charge in [0.05, 0.1) is 23.1 Å². The van der Waals surface area contributed by atoms with Gasteiger partial charge in [0.25, 0.3) is 0 Å². The number of phenols is 1. The normalized spacial score (nSPS) is 28.4. The zero-order valence-electron chi connectivity index (χ0n) is 23.7. The van der Waals surface area contributed by atoms with Crippen molar-refractivity contribution < 1.29 is 34.2 Å². The van der Waals surface area contributed by atoms with Crippen LogP contribution in [-0.4, -0.2) is 84.0 Å². The van der Waals surface area contributed by atoms with Gasteiger partial charge in [-0.1, -0.05) is 11.8 Å². The van der Waals surface area contributed by atoms with E-state index >= 15 is 0 Å². The van der Waals surface area contributed by atoms with Crippen LogP contribution in [0.1, 0.15) is 33.5 Å². The predicted octanol–water partition coefficient (Wildman–Crippen LogP) is -0.0850. The minimum atomic E-state index is -2.77. The molecule has 2 unspecified atom stereocenters. The summed E-state index contributed by atoms with van der Waals surface area (Å²) in [6.07, 6.45) is 0.148. The number of Topliss-reactive ketones (excluding diaryl/α,β-unsaturated/α-hetero) is 4. The van der Waals surface area contributed by atoms with Gasteiger partial charge in [-0.2, -0.15) is 0 Å². The fourth-order valence-corrected chi connectivity index (χ4v) is 6.85. The minimum Gasteiger partial charge on any atom is -0.506 e. The van der Waals surface area contributed by atoms with Crippen LogP contribution in [-0.2, 0) is 25.6 Å². The zero-order valence-corrected chi connectivity index (χ0v) is 23.7. The Hall–Kier alpha value is -4.53. The van der Waals surface area contributed by atoms with Crippen molar-refractivity contribution in [3.05, 3.63) is 52.6 Å². The second kappa shape index (κ2) is 10.1. The highest BCUT2D eigenvalue weighted by molar-refractivity contribution is 6.32. The van der Waals surface area contributed by atoms with Gasteiger partial charge in [-0.3, -0.25) is 28.9 Å². The standard InChI is InChI=1S/C31H32N4O7/c1-34(2)20-13-15(8-5-14-6-9-17(32)10-7-14)25(36)22-18(20)11-16-12-19-24(35(3)4)27(38)23(30(33)41)29(40)31(19,42)28(39)21(16)26(22)37/h6-7,9-10,13,16,19,21,23-24,36,42H,11-12,32H2,1-4H3,(H2,33,41)/t16-,19-,21?,23?,24-,31-/m1/s1. The average molecular weight is 573 g/mol. The first-order valence-corrected chi connectivity index (χ1v) is 13.5. The summed E-state index contributed by atoms with van der Waals surface area (Å²) in [5, 5.41) is 23.1. The molecule has 0 spiro atoms. The first-order chi connectivity index (χ1) is 19.7. The van der Waals surface area contributed by atoms with Crippen molar-refractivity contribution in [1.82, 2.24) is 4.90 Å². The summed E-state index contributed by atoms with van der Waals surface area (Å²) in [5.41, 5.74) is 10.7. The summed E-state index contributed by atoms with van der Waals surface area (Å²) >= 11 is 0. The number of nitrogens with two attached hydrogens (primary N) is 2. The summed E-state index contributed by atoms with van der Waals surface area (Å²) in [5.74, 6) is -5.11. The van der Waals surface area contributed by atoms with E-state index in [2.05, 4.69) is 11.8 Å². The van der Waals surface area contributed by atoms with Crippen LogP contribution in [0.4, 0.5) is 11.4 Å². The molecule has 0 radical (unpaired) electrons. The number of hydrogen-bond acceptors (Lipinski definition) is 10. The van der Waals surface area contributed by atoms with Gasteiger partial charge in [0.1, 0.15) is 5.75 Å². The summed E-state index contributed by atoms with van der Waals surface area (Å²) < 4.78 is 0. The number of amides is 1. The van der Waals surface area contributed by atoms with Gasteiger partial charge in [-0.25, -0.2) is 0 Å². The number of anilines is 2. The highest BCUT2D eigenvalue weighted by Gasteiger charge is 2.69. The second-order valence-corrected chi connectivity index (χ2v) is 11.7. The molecule has 6 N–H and O–H groups in total. The lowest BCUT2D eigenvalue weighted by Gasteiger charge is -2.52. The molecule has 11 nitrogen and oxygen atoms in total. The van der Waals surface area contributed by atoms with E-state index in [0.717, 1.165) is 0 Å². The van der Waals surface area contributed by atoms with E-state index in [1.807, 2.05) is 0 Å². The summed E-state index contributed by atoms with van der Waals surface area (Å²) in [4.78, 5) is 70.2. The Morgan fingerprint density at radius 2 is 1.67 bits per heavy atom. The molecule has 3 aliphatic rings. The smallest absolute Gasteiger partial charge is 0.235 e. The van der Waals surface area contributed by atoms with Crippen molar-refractivity contribution in [3.8, 4) is 17.6 Å². The number of carbonyl (C=O) groups is 5. The van der Waals surface area contributed by atoms with Crippen LogP contribution >= 0.6 is 0 Å². The van der Waals surface area contributed by atoms with Crippen LogP contribution in [0.5, 0.6) is 5.75 Å². The number of primary amides is 1. The van der Waals surface area contributed by atoms with E-state index in [-0.39, 0.29) is 24.0 Å². The van der Waals surface area contributed by atoms with Crippen molar-refractivity contribution in [2.24, 2.45) is 29.4 Å². The number of ketones is 4. The monoisotopic (exact) mass is 572 g/mol. The molecule has 218 valence electrons. The number of aliphatic hydroxyl groups is 1. The number of fused-ring (bicyclic) bond motifs is 3. The van der Waals surface area contributed by atoms with Gasteiger partial charge < -0.3 is 26.6 Å². The first-order valence-electron chi connectivity index (χ1n) is 13.5. The number of benzene rings is 2. The highest BCUT2D eigenvalue weighted by atomic mass is 16.3. The molecule has 1 amide bonds. The fraction of sp³-hybridized carbons (Fsp3) is 0.387. The number of aromatic hydroxyl groups is 1. The molecule has 0 bridgehead atoms. The topological polar surface area (TPSA) is 184 Å². The van der Waals surface area contributed by atoms with E-state index in [4.69, 9.17) is 11.5 Å². The molecule has 0 heterocycles. The van der Waals surface area contributed by atoms with Gasteiger partial charge in [0.2, 0.25) is 5.91 Å². The van der Waals surface area contributed by atoms with Crippen LogP contribution in [0.2, 0.25) is 0 Å². The quantitative estimate of drug-likeness (QED) is 0.220.